The summed E-state index contributed by atoms with van der Waals surface area (Å²) in [5, 5.41) is 4.76. The van der Waals surface area contributed by atoms with Gasteiger partial charge in [-0.3, -0.25) is 9.59 Å². The van der Waals surface area contributed by atoms with Gasteiger partial charge in [-0.1, -0.05) is 24.3 Å². The molecule has 2 aromatic carbocycles. The van der Waals surface area contributed by atoms with Crippen molar-refractivity contribution in [1.29, 1.82) is 0 Å². The maximum Gasteiger partial charge on any atom is 0.268 e. The van der Waals surface area contributed by atoms with E-state index in [1.165, 1.54) is 16.2 Å². The molecule has 0 bridgehead atoms. The lowest BCUT2D eigenvalue weighted by Crippen LogP contribution is -2.30. The number of para-hydroxylation sites is 1. The zero-order valence-electron chi connectivity index (χ0n) is 15.2. The minimum Gasteiger partial charge on any atom is -0.454 e. The molecule has 6 nitrogen and oxygen atoms in total. The van der Waals surface area contributed by atoms with Crippen LogP contribution in [0.3, 0.4) is 0 Å². The number of amides is 2. The van der Waals surface area contributed by atoms with Crippen molar-refractivity contribution < 1.29 is 19.1 Å². The predicted molar refractivity (Wildman–Crippen MR) is 107 cm³/mol. The first-order chi connectivity index (χ1) is 13.6. The fraction of sp³-hybridized carbons (Fsp3) is 0.143. The summed E-state index contributed by atoms with van der Waals surface area (Å²) in [6, 6.07) is 16.2. The minimum absolute atomic E-state index is 0.147. The molecule has 2 amide bonds. The molecule has 1 N–H and O–H groups in total. The Balaban J connectivity index is 1.49. The maximum atomic E-state index is 12.8. The van der Waals surface area contributed by atoms with Gasteiger partial charge in [0.2, 0.25) is 6.79 Å². The number of nitrogens with one attached hydrogen (secondary N) is 1. The molecule has 2 heterocycles. The molecule has 1 aromatic heterocycles. The number of hydrogen-bond donors (Lipinski definition) is 1. The third-order valence-electron chi connectivity index (χ3n) is 4.44. The number of rotatable bonds is 5. The number of fused-ring (bicyclic) bond motifs is 1. The van der Waals surface area contributed by atoms with Gasteiger partial charge < -0.3 is 19.7 Å². The molecule has 7 heteroatoms. The number of thiophene rings is 1. The molecule has 142 valence electrons. The van der Waals surface area contributed by atoms with Crippen LogP contribution in [0.4, 0.5) is 5.69 Å². The van der Waals surface area contributed by atoms with Crippen LogP contribution in [0.25, 0.3) is 0 Å². The largest absolute Gasteiger partial charge is 0.454 e. The molecule has 0 saturated carbocycles. The monoisotopic (exact) mass is 394 g/mol. The average Bonchev–Trinajstić information content (AvgIpc) is 3.42. The molecule has 28 heavy (non-hydrogen) atoms. The van der Waals surface area contributed by atoms with Crippen LogP contribution in [-0.4, -0.2) is 25.7 Å². The van der Waals surface area contributed by atoms with Crippen LogP contribution in [0, 0.1) is 0 Å². The Hall–Kier alpha value is -3.32. The Labute approximate surface area is 166 Å². The topological polar surface area (TPSA) is 67.9 Å². The van der Waals surface area contributed by atoms with Gasteiger partial charge in [-0.15, -0.1) is 11.3 Å². The number of nitrogens with zero attached hydrogens (tertiary/aromatic N) is 1. The van der Waals surface area contributed by atoms with Gasteiger partial charge in [-0.2, -0.15) is 0 Å². The van der Waals surface area contributed by atoms with Crippen molar-refractivity contribution in [2.24, 2.45) is 0 Å². The minimum atomic E-state index is -0.251. The van der Waals surface area contributed by atoms with Gasteiger partial charge in [0, 0.05) is 13.6 Å². The van der Waals surface area contributed by atoms with Gasteiger partial charge in [0.15, 0.2) is 11.5 Å². The Bertz CT molecular complexity index is 1020. The summed E-state index contributed by atoms with van der Waals surface area (Å²) >= 11 is 1.37. The first-order valence-electron chi connectivity index (χ1n) is 8.71. The fourth-order valence-corrected chi connectivity index (χ4v) is 3.66. The van der Waals surface area contributed by atoms with Crippen molar-refractivity contribution in [3.8, 4) is 11.5 Å². The van der Waals surface area contributed by atoms with Crippen LogP contribution in [-0.2, 0) is 6.54 Å². The highest BCUT2D eigenvalue weighted by Crippen LogP contribution is 2.32. The second-order valence-corrected chi connectivity index (χ2v) is 7.18. The van der Waals surface area contributed by atoms with Crippen molar-refractivity contribution in [1.82, 2.24) is 5.32 Å². The molecular weight excluding hydrogens is 376 g/mol. The fourth-order valence-electron chi connectivity index (χ4n) is 2.96. The molecule has 1 aliphatic rings. The molecule has 3 aromatic rings. The third kappa shape index (κ3) is 3.57. The highest BCUT2D eigenvalue weighted by Gasteiger charge is 2.20. The van der Waals surface area contributed by atoms with Crippen LogP contribution in [0.1, 0.15) is 25.6 Å². The first kappa shape index (κ1) is 18.1. The van der Waals surface area contributed by atoms with E-state index in [9.17, 15) is 9.59 Å². The van der Waals surface area contributed by atoms with Crippen LogP contribution in [0.5, 0.6) is 11.5 Å². The quantitative estimate of drug-likeness (QED) is 0.717. The van der Waals surface area contributed by atoms with Gasteiger partial charge in [0.25, 0.3) is 11.8 Å². The molecule has 0 spiro atoms. The van der Waals surface area contributed by atoms with Gasteiger partial charge >= 0.3 is 0 Å². The molecule has 1 aliphatic heterocycles. The number of benzene rings is 2. The van der Waals surface area contributed by atoms with Crippen molar-refractivity contribution in [2.45, 2.75) is 6.54 Å². The van der Waals surface area contributed by atoms with Gasteiger partial charge in [0.05, 0.1) is 16.1 Å². The Morgan fingerprint density at radius 1 is 1.07 bits per heavy atom. The Morgan fingerprint density at radius 2 is 1.89 bits per heavy atom. The van der Waals surface area contributed by atoms with Gasteiger partial charge in [-0.05, 0) is 41.3 Å². The normalized spacial score (nSPS) is 11.9. The number of hydrogen-bond acceptors (Lipinski definition) is 5. The Morgan fingerprint density at radius 3 is 2.71 bits per heavy atom. The van der Waals surface area contributed by atoms with E-state index >= 15 is 0 Å². The average molecular weight is 394 g/mol. The van der Waals surface area contributed by atoms with E-state index < -0.39 is 0 Å². The maximum absolute atomic E-state index is 12.8. The van der Waals surface area contributed by atoms with Crippen molar-refractivity contribution in [3.05, 3.63) is 76.0 Å². The summed E-state index contributed by atoms with van der Waals surface area (Å²) in [5.74, 6) is 0.979. The zero-order chi connectivity index (χ0) is 19.5. The van der Waals surface area contributed by atoms with E-state index in [4.69, 9.17) is 9.47 Å². The Kier molecular flexibility index (Phi) is 4.99. The molecule has 0 aliphatic carbocycles. The summed E-state index contributed by atoms with van der Waals surface area (Å²) in [4.78, 5) is 27.6. The van der Waals surface area contributed by atoms with E-state index in [1.54, 1.807) is 31.3 Å². The van der Waals surface area contributed by atoms with Crippen molar-refractivity contribution in [2.75, 3.05) is 18.7 Å². The smallest absolute Gasteiger partial charge is 0.268 e. The predicted octanol–water partition coefficient (Wildman–Crippen LogP) is 3.68. The lowest BCUT2D eigenvalue weighted by molar-refractivity contribution is 0.0951. The summed E-state index contributed by atoms with van der Waals surface area (Å²) in [6.07, 6.45) is 0. The molecule has 0 fully saturated rings. The third-order valence-corrected chi connectivity index (χ3v) is 5.29. The standard InChI is InChI=1S/C21H18N2O4S/c1-23(21(25)19-7-4-10-28-19)16-6-3-2-5-15(16)20(24)22-12-14-8-9-17-18(11-14)27-13-26-17/h2-11H,12-13H2,1H3,(H,22,24). The van der Waals surface area contributed by atoms with Crippen LogP contribution >= 0.6 is 11.3 Å². The first-order valence-corrected chi connectivity index (χ1v) is 9.59. The van der Waals surface area contributed by atoms with Crippen LogP contribution in [0.15, 0.2) is 60.0 Å². The van der Waals surface area contributed by atoms with Crippen molar-refractivity contribution >= 4 is 28.8 Å². The zero-order valence-corrected chi connectivity index (χ0v) is 16.0. The van der Waals surface area contributed by atoms with E-state index in [1.807, 2.05) is 35.7 Å². The SMILES string of the molecule is CN(C(=O)c1cccs1)c1ccccc1C(=O)NCc1ccc2c(c1)OCO2. The molecule has 0 saturated heterocycles. The lowest BCUT2D eigenvalue weighted by Gasteiger charge is -2.20. The summed E-state index contributed by atoms with van der Waals surface area (Å²) in [5.41, 5.74) is 1.90. The number of ether oxygens (including phenoxy) is 2. The molecular formula is C21H18N2O4S. The number of carbonyl (C=O) groups excluding carboxylic acids is 2. The summed E-state index contributed by atoms with van der Waals surface area (Å²) in [7, 11) is 1.67. The molecule has 0 atom stereocenters. The van der Waals surface area contributed by atoms with E-state index in [-0.39, 0.29) is 18.6 Å². The van der Waals surface area contributed by atoms with Crippen LogP contribution < -0.4 is 19.7 Å². The summed E-state index contributed by atoms with van der Waals surface area (Å²) in [6.45, 7) is 0.551. The van der Waals surface area contributed by atoms with E-state index in [2.05, 4.69) is 5.32 Å². The number of carbonyl (C=O) groups is 2. The van der Waals surface area contributed by atoms with E-state index in [0.29, 0.717) is 34.2 Å². The van der Waals surface area contributed by atoms with Gasteiger partial charge in [0.1, 0.15) is 0 Å². The second kappa shape index (κ2) is 7.74. The highest BCUT2D eigenvalue weighted by atomic mass is 32.1. The van der Waals surface area contributed by atoms with Gasteiger partial charge in [-0.25, -0.2) is 0 Å². The van der Waals surface area contributed by atoms with Crippen LogP contribution in [0.2, 0.25) is 0 Å². The lowest BCUT2D eigenvalue weighted by atomic mass is 10.1. The molecule has 0 unspecified atom stereocenters. The van der Waals surface area contributed by atoms with E-state index in [0.717, 1.165) is 5.56 Å². The molecule has 0 radical (unpaired) electrons. The molecule has 4 rings (SSSR count). The highest BCUT2D eigenvalue weighted by molar-refractivity contribution is 7.12. The summed E-state index contributed by atoms with van der Waals surface area (Å²) < 4.78 is 10.7. The van der Waals surface area contributed by atoms with Crippen molar-refractivity contribution in [3.63, 3.8) is 0 Å². The second-order valence-electron chi connectivity index (χ2n) is 6.23. The number of anilines is 1.